The van der Waals surface area contributed by atoms with Gasteiger partial charge in [-0.15, -0.1) is 6.58 Å². The molecule has 0 bridgehead atoms. The van der Waals surface area contributed by atoms with Crippen LogP contribution < -0.4 is 10.6 Å². The van der Waals surface area contributed by atoms with Gasteiger partial charge in [0.1, 0.15) is 0 Å². The molecule has 0 radical (unpaired) electrons. The zero-order valence-corrected chi connectivity index (χ0v) is 17.1. The second kappa shape index (κ2) is 20.2. The molecule has 27 heavy (non-hydrogen) atoms. The highest BCUT2D eigenvalue weighted by Crippen LogP contribution is 2.00. The largest absolute Gasteiger partial charge is 0.356 e. The van der Waals surface area contributed by atoms with Crippen molar-refractivity contribution < 1.29 is 9.59 Å². The average Bonchev–Trinajstić information content (AvgIpc) is 2.66. The lowest BCUT2D eigenvalue weighted by Crippen LogP contribution is -2.23. The van der Waals surface area contributed by atoms with Crippen molar-refractivity contribution in [2.75, 3.05) is 13.1 Å². The Morgan fingerprint density at radius 1 is 0.778 bits per heavy atom. The molecule has 0 aliphatic heterocycles. The molecular formula is C23H38N2O2. The molecule has 0 aliphatic rings. The van der Waals surface area contributed by atoms with Gasteiger partial charge in [0.15, 0.2) is 0 Å². The third kappa shape index (κ3) is 20.1. The summed E-state index contributed by atoms with van der Waals surface area (Å²) >= 11 is 0. The van der Waals surface area contributed by atoms with E-state index in [9.17, 15) is 9.59 Å². The molecule has 2 N–H and O–H groups in total. The topological polar surface area (TPSA) is 58.2 Å². The Morgan fingerprint density at radius 2 is 1.37 bits per heavy atom. The van der Waals surface area contributed by atoms with Gasteiger partial charge >= 0.3 is 0 Å². The molecule has 0 saturated heterocycles. The van der Waals surface area contributed by atoms with Crippen LogP contribution in [-0.2, 0) is 9.59 Å². The van der Waals surface area contributed by atoms with Crippen molar-refractivity contribution in [2.24, 2.45) is 0 Å². The van der Waals surface area contributed by atoms with Gasteiger partial charge in [-0.05, 0) is 38.5 Å². The fourth-order valence-electron chi connectivity index (χ4n) is 2.35. The average molecular weight is 375 g/mol. The summed E-state index contributed by atoms with van der Waals surface area (Å²) in [6.45, 7) is 6.97. The lowest BCUT2D eigenvalue weighted by Gasteiger charge is -2.02. The van der Waals surface area contributed by atoms with Gasteiger partial charge in [0.05, 0.1) is 0 Å². The van der Waals surface area contributed by atoms with Crippen LogP contribution in [0.3, 0.4) is 0 Å². The minimum atomic E-state index is 0.0889. The van der Waals surface area contributed by atoms with E-state index >= 15 is 0 Å². The van der Waals surface area contributed by atoms with Crippen LogP contribution in [-0.4, -0.2) is 24.9 Å². The number of nitrogens with one attached hydrogen (secondary N) is 2. The predicted octanol–water partition coefficient (Wildman–Crippen LogP) is 4.99. The van der Waals surface area contributed by atoms with Gasteiger partial charge < -0.3 is 10.6 Å². The first-order chi connectivity index (χ1) is 13.2. The van der Waals surface area contributed by atoms with E-state index < -0.39 is 0 Å². The molecule has 152 valence electrons. The SMILES string of the molecule is C=CCNC(=O)CCC/C=C\C/C=C\C/C=C\CCNC(=O)CCCCC. The fourth-order valence-corrected chi connectivity index (χ4v) is 2.35. The molecule has 4 nitrogen and oxygen atoms in total. The number of allylic oxidation sites excluding steroid dienone is 5. The van der Waals surface area contributed by atoms with Gasteiger partial charge in [-0.1, -0.05) is 62.3 Å². The van der Waals surface area contributed by atoms with E-state index in [1.165, 1.54) is 0 Å². The molecule has 0 aromatic rings. The smallest absolute Gasteiger partial charge is 0.220 e. The third-order valence-corrected chi connectivity index (χ3v) is 3.90. The molecule has 0 aromatic heterocycles. The maximum absolute atomic E-state index is 11.5. The second-order valence-corrected chi connectivity index (χ2v) is 6.47. The third-order valence-electron chi connectivity index (χ3n) is 3.90. The van der Waals surface area contributed by atoms with Crippen molar-refractivity contribution in [3.05, 3.63) is 49.1 Å². The van der Waals surface area contributed by atoms with E-state index in [1.807, 2.05) is 0 Å². The molecule has 0 aromatic carbocycles. The minimum absolute atomic E-state index is 0.0889. The summed E-state index contributed by atoms with van der Waals surface area (Å²) in [5.74, 6) is 0.256. The van der Waals surface area contributed by atoms with Gasteiger partial charge in [-0.3, -0.25) is 9.59 Å². The molecule has 0 spiro atoms. The van der Waals surface area contributed by atoms with Crippen LogP contribution in [0.15, 0.2) is 49.1 Å². The number of amides is 2. The van der Waals surface area contributed by atoms with E-state index in [0.717, 1.165) is 57.9 Å². The number of rotatable bonds is 17. The highest BCUT2D eigenvalue weighted by molar-refractivity contribution is 5.76. The Hall–Kier alpha value is -2.10. The fraction of sp³-hybridized carbons (Fsp3) is 0.565. The van der Waals surface area contributed by atoms with Crippen LogP contribution in [0.2, 0.25) is 0 Å². The minimum Gasteiger partial charge on any atom is -0.356 e. The molecular weight excluding hydrogens is 336 g/mol. The summed E-state index contributed by atoms with van der Waals surface area (Å²) in [5.41, 5.74) is 0. The van der Waals surface area contributed by atoms with E-state index in [1.54, 1.807) is 6.08 Å². The van der Waals surface area contributed by atoms with Crippen molar-refractivity contribution >= 4 is 11.8 Å². The number of hydrogen-bond acceptors (Lipinski definition) is 2. The van der Waals surface area contributed by atoms with Crippen LogP contribution in [0.4, 0.5) is 0 Å². The molecule has 0 saturated carbocycles. The zero-order chi connectivity index (χ0) is 20.0. The number of unbranched alkanes of at least 4 members (excludes halogenated alkanes) is 3. The van der Waals surface area contributed by atoms with Crippen LogP contribution in [0.25, 0.3) is 0 Å². The van der Waals surface area contributed by atoms with Gasteiger partial charge in [0.25, 0.3) is 0 Å². The zero-order valence-electron chi connectivity index (χ0n) is 17.1. The summed E-state index contributed by atoms with van der Waals surface area (Å²) in [6, 6.07) is 0. The summed E-state index contributed by atoms with van der Waals surface area (Å²) in [7, 11) is 0. The second-order valence-electron chi connectivity index (χ2n) is 6.47. The normalized spacial score (nSPS) is 11.4. The molecule has 0 fully saturated rings. The van der Waals surface area contributed by atoms with E-state index in [4.69, 9.17) is 0 Å². The Labute approximate surface area is 165 Å². The highest BCUT2D eigenvalue weighted by atomic mass is 16.2. The number of carbonyl (C=O) groups is 2. The Kier molecular flexibility index (Phi) is 18.6. The molecule has 0 atom stereocenters. The van der Waals surface area contributed by atoms with Crippen LogP contribution >= 0.6 is 0 Å². The summed E-state index contributed by atoms with van der Waals surface area (Å²) < 4.78 is 0. The Balaban J connectivity index is 3.48. The maximum Gasteiger partial charge on any atom is 0.220 e. The molecule has 0 rings (SSSR count). The van der Waals surface area contributed by atoms with Crippen molar-refractivity contribution in [1.82, 2.24) is 10.6 Å². The highest BCUT2D eigenvalue weighted by Gasteiger charge is 1.98. The summed E-state index contributed by atoms with van der Waals surface area (Å²) in [6.07, 6.45) is 23.5. The van der Waals surface area contributed by atoms with Gasteiger partial charge in [-0.2, -0.15) is 0 Å². The van der Waals surface area contributed by atoms with Crippen LogP contribution in [0.1, 0.15) is 71.1 Å². The molecule has 0 unspecified atom stereocenters. The van der Waals surface area contributed by atoms with Crippen LogP contribution in [0, 0.1) is 0 Å². The lowest BCUT2D eigenvalue weighted by molar-refractivity contribution is -0.121. The number of hydrogen-bond donors (Lipinski definition) is 2. The van der Waals surface area contributed by atoms with Crippen molar-refractivity contribution in [3.63, 3.8) is 0 Å². The molecule has 4 heteroatoms. The predicted molar refractivity (Wildman–Crippen MR) is 115 cm³/mol. The monoisotopic (exact) mass is 374 g/mol. The van der Waals surface area contributed by atoms with Gasteiger partial charge in [-0.25, -0.2) is 0 Å². The van der Waals surface area contributed by atoms with E-state index in [2.05, 4.69) is 60.6 Å². The Bertz CT molecular complexity index is 479. The van der Waals surface area contributed by atoms with E-state index in [-0.39, 0.29) is 11.8 Å². The first kappa shape index (κ1) is 24.9. The van der Waals surface area contributed by atoms with Gasteiger partial charge in [0.2, 0.25) is 11.8 Å². The van der Waals surface area contributed by atoms with Crippen molar-refractivity contribution in [1.29, 1.82) is 0 Å². The molecule has 2 amide bonds. The first-order valence-corrected chi connectivity index (χ1v) is 10.3. The van der Waals surface area contributed by atoms with Crippen LogP contribution in [0.5, 0.6) is 0 Å². The van der Waals surface area contributed by atoms with Crippen molar-refractivity contribution in [3.8, 4) is 0 Å². The van der Waals surface area contributed by atoms with Gasteiger partial charge in [0, 0.05) is 25.9 Å². The maximum atomic E-state index is 11.5. The summed E-state index contributed by atoms with van der Waals surface area (Å²) in [5, 5.41) is 5.72. The quantitative estimate of drug-likeness (QED) is 0.278. The molecule has 0 heterocycles. The first-order valence-electron chi connectivity index (χ1n) is 10.3. The van der Waals surface area contributed by atoms with Crippen molar-refractivity contribution in [2.45, 2.75) is 71.1 Å². The van der Waals surface area contributed by atoms with E-state index in [0.29, 0.717) is 19.4 Å². The summed E-state index contributed by atoms with van der Waals surface area (Å²) in [4.78, 5) is 22.9. The standard InChI is InChI=1S/C23H38N2O2/c1-3-5-15-18-23(27)25-21-17-14-12-10-8-6-7-9-11-13-16-19-22(26)24-20-4-2/h4,6,8-9,11-12,14H,2-3,5,7,10,13,15-21H2,1H3,(H,24,26)(H,25,27)/b8-6-,11-9-,14-12-. The Morgan fingerprint density at radius 3 is 2.04 bits per heavy atom. The number of carbonyl (C=O) groups excluding carboxylic acids is 2. The lowest BCUT2D eigenvalue weighted by atomic mass is 10.2. The molecule has 0 aliphatic carbocycles.